The van der Waals surface area contributed by atoms with Crippen molar-refractivity contribution in [1.82, 2.24) is 19.7 Å². The van der Waals surface area contributed by atoms with E-state index in [4.69, 9.17) is 4.74 Å². The van der Waals surface area contributed by atoms with Crippen molar-refractivity contribution in [2.45, 2.75) is 31.0 Å². The van der Waals surface area contributed by atoms with Gasteiger partial charge in [-0.1, -0.05) is 0 Å². The Kier molecular flexibility index (Phi) is 4.56. The Morgan fingerprint density at radius 2 is 1.84 bits per heavy atom. The standard InChI is InChI=1S/C20H18F5N5O2/c1-29-17-11(9-26-18(27-17)30-5-2-19(30)3-6-32-7-4-19)15(28-29)10-8-12(20(23,24)25)14(22)16(31)13(10)21/h8-9,31H,2-7H2,1H3. The molecule has 0 aliphatic carbocycles. The Hall–Kier alpha value is -3.02. The molecule has 1 aromatic carbocycles. The summed E-state index contributed by atoms with van der Waals surface area (Å²) in [6.45, 7) is 2.04. The molecule has 2 fully saturated rings. The van der Waals surface area contributed by atoms with Crippen molar-refractivity contribution in [2.75, 3.05) is 24.7 Å². The lowest BCUT2D eigenvalue weighted by molar-refractivity contribution is -0.140. The van der Waals surface area contributed by atoms with Crippen LogP contribution in [0.15, 0.2) is 12.3 Å². The zero-order valence-corrected chi connectivity index (χ0v) is 16.9. The zero-order valence-electron chi connectivity index (χ0n) is 16.9. The first kappa shape index (κ1) is 20.9. The van der Waals surface area contributed by atoms with Crippen molar-refractivity contribution in [3.05, 3.63) is 29.5 Å². The number of rotatable bonds is 2. The van der Waals surface area contributed by atoms with Gasteiger partial charge in [-0.15, -0.1) is 0 Å². The van der Waals surface area contributed by atoms with Crippen LogP contribution in [0.4, 0.5) is 27.9 Å². The molecule has 0 unspecified atom stereocenters. The van der Waals surface area contributed by atoms with Crippen molar-refractivity contribution >= 4 is 17.0 Å². The number of aromatic nitrogens is 4. The van der Waals surface area contributed by atoms with Crippen molar-refractivity contribution in [2.24, 2.45) is 7.05 Å². The van der Waals surface area contributed by atoms with Gasteiger partial charge in [0.1, 0.15) is 5.69 Å². The Balaban J connectivity index is 1.61. The molecule has 2 aliphatic heterocycles. The van der Waals surface area contributed by atoms with Crippen LogP contribution in [0, 0.1) is 11.6 Å². The third-order valence-electron chi connectivity index (χ3n) is 6.34. The number of anilines is 1. The maximum absolute atomic E-state index is 14.6. The highest BCUT2D eigenvalue weighted by molar-refractivity contribution is 5.91. The van der Waals surface area contributed by atoms with Gasteiger partial charge in [-0.05, 0) is 25.3 Å². The number of fused-ring (bicyclic) bond motifs is 1. The molecule has 2 aliphatic rings. The largest absolute Gasteiger partial charge is 0.503 e. The summed E-state index contributed by atoms with van der Waals surface area (Å²) in [7, 11) is 1.51. The van der Waals surface area contributed by atoms with Gasteiger partial charge in [0.2, 0.25) is 5.95 Å². The molecule has 0 bridgehead atoms. The van der Waals surface area contributed by atoms with E-state index in [1.165, 1.54) is 17.9 Å². The van der Waals surface area contributed by atoms with E-state index in [9.17, 15) is 27.1 Å². The van der Waals surface area contributed by atoms with Crippen LogP contribution in [0.2, 0.25) is 0 Å². The molecule has 0 radical (unpaired) electrons. The molecule has 2 aromatic heterocycles. The number of alkyl halides is 3. The van der Waals surface area contributed by atoms with E-state index in [1.54, 1.807) is 0 Å². The summed E-state index contributed by atoms with van der Waals surface area (Å²) in [5, 5.41) is 13.9. The second-order valence-electron chi connectivity index (χ2n) is 8.06. The number of aromatic hydroxyl groups is 1. The predicted octanol–water partition coefficient (Wildman–Crippen LogP) is 3.79. The minimum absolute atomic E-state index is 0.0795. The smallest absolute Gasteiger partial charge is 0.419 e. The Morgan fingerprint density at radius 3 is 2.47 bits per heavy atom. The molecule has 12 heteroatoms. The van der Waals surface area contributed by atoms with E-state index in [0.29, 0.717) is 25.2 Å². The van der Waals surface area contributed by atoms with E-state index in [2.05, 4.69) is 20.0 Å². The van der Waals surface area contributed by atoms with E-state index in [1.807, 2.05) is 0 Å². The van der Waals surface area contributed by atoms with Crippen LogP contribution in [0.1, 0.15) is 24.8 Å². The highest BCUT2D eigenvalue weighted by Crippen LogP contribution is 2.43. The fraction of sp³-hybridized carbons (Fsp3) is 0.450. The van der Waals surface area contributed by atoms with Crippen molar-refractivity contribution in [3.8, 4) is 17.0 Å². The van der Waals surface area contributed by atoms with Gasteiger partial charge in [0.25, 0.3) is 0 Å². The van der Waals surface area contributed by atoms with Crippen LogP contribution in [0.25, 0.3) is 22.3 Å². The number of phenols is 1. The van der Waals surface area contributed by atoms with Crippen LogP contribution >= 0.6 is 0 Å². The van der Waals surface area contributed by atoms with Crippen LogP contribution in [-0.4, -0.2) is 50.2 Å². The normalized spacial score (nSPS) is 18.4. The minimum Gasteiger partial charge on any atom is -0.503 e. The topological polar surface area (TPSA) is 76.3 Å². The molecule has 1 spiro atoms. The second-order valence-corrected chi connectivity index (χ2v) is 8.06. The first-order chi connectivity index (χ1) is 15.1. The minimum atomic E-state index is -5.13. The van der Waals surface area contributed by atoms with Crippen molar-refractivity contribution in [3.63, 3.8) is 0 Å². The number of halogens is 5. The highest BCUT2D eigenvalue weighted by Gasteiger charge is 2.47. The van der Waals surface area contributed by atoms with Crippen LogP contribution in [-0.2, 0) is 18.0 Å². The number of benzene rings is 1. The third-order valence-corrected chi connectivity index (χ3v) is 6.34. The highest BCUT2D eigenvalue weighted by atomic mass is 19.4. The van der Waals surface area contributed by atoms with Crippen LogP contribution in [0.3, 0.4) is 0 Å². The summed E-state index contributed by atoms with van der Waals surface area (Å²) in [6.07, 6.45) is -1.11. The molecule has 1 N–H and O–H groups in total. The van der Waals surface area contributed by atoms with Gasteiger partial charge >= 0.3 is 6.18 Å². The number of nitrogens with zero attached hydrogens (tertiary/aromatic N) is 5. The Labute approximate surface area is 178 Å². The fourth-order valence-corrected chi connectivity index (χ4v) is 4.48. The number of hydrogen-bond donors (Lipinski definition) is 1. The molecular formula is C20H18F5N5O2. The van der Waals surface area contributed by atoms with Gasteiger partial charge in [0, 0.05) is 44.1 Å². The maximum atomic E-state index is 14.6. The number of aryl methyl sites for hydroxylation is 1. The number of hydrogen-bond acceptors (Lipinski definition) is 6. The molecule has 0 atom stereocenters. The monoisotopic (exact) mass is 455 g/mol. The van der Waals surface area contributed by atoms with Crippen LogP contribution in [0.5, 0.6) is 5.75 Å². The second kappa shape index (κ2) is 6.99. The zero-order chi connectivity index (χ0) is 22.8. The molecule has 3 aromatic rings. The summed E-state index contributed by atoms with van der Waals surface area (Å²) in [6, 6.07) is 0.298. The van der Waals surface area contributed by atoms with E-state index < -0.39 is 34.7 Å². The molecule has 32 heavy (non-hydrogen) atoms. The molecule has 170 valence electrons. The van der Waals surface area contributed by atoms with Gasteiger partial charge < -0.3 is 14.7 Å². The molecule has 7 nitrogen and oxygen atoms in total. The lowest BCUT2D eigenvalue weighted by Gasteiger charge is -2.54. The Morgan fingerprint density at radius 1 is 1.12 bits per heavy atom. The average molecular weight is 455 g/mol. The fourth-order valence-electron chi connectivity index (χ4n) is 4.48. The first-order valence-electron chi connectivity index (χ1n) is 9.96. The number of phenolic OH excluding ortho intramolecular Hbond substituents is 1. The predicted molar refractivity (Wildman–Crippen MR) is 103 cm³/mol. The van der Waals surface area contributed by atoms with Gasteiger partial charge in [-0.25, -0.2) is 18.4 Å². The summed E-state index contributed by atoms with van der Waals surface area (Å²) in [4.78, 5) is 11.0. The summed E-state index contributed by atoms with van der Waals surface area (Å²) >= 11 is 0. The van der Waals surface area contributed by atoms with Gasteiger partial charge in [-0.3, -0.25) is 0 Å². The Bertz CT molecular complexity index is 1220. The summed E-state index contributed by atoms with van der Waals surface area (Å²) < 4.78 is 74.8. The number of ether oxygens (including phenoxy) is 1. The van der Waals surface area contributed by atoms with Crippen molar-refractivity contribution in [1.29, 1.82) is 0 Å². The van der Waals surface area contributed by atoms with E-state index >= 15 is 0 Å². The average Bonchev–Trinajstić information content (AvgIpc) is 3.07. The van der Waals surface area contributed by atoms with Gasteiger partial charge in [-0.2, -0.15) is 23.3 Å². The maximum Gasteiger partial charge on any atom is 0.419 e. The summed E-state index contributed by atoms with van der Waals surface area (Å²) in [5.41, 5.74) is -2.51. The van der Waals surface area contributed by atoms with E-state index in [-0.39, 0.29) is 22.3 Å². The molecule has 2 saturated heterocycles. The SMILES string of the molecule is Cn1nc(-c2cc(C(F)(F)F)c(F)c(O)c2F)c2cnc(N3CCC34CCOCC4)nc21. The third kappa shape index (κ3) is 2.99. The van der Waals surface area contributed by atoms with Gasteiger partial charge in [0.15, 0.2) is 23.0 Å². The van der Waals surface area contributed by atoms with E-state index in [0.717, 1.165) is 25.8 Å². The lowest BCUT2D eigenvalue weighted by atomic mass is 9.78. The molecule has 0 amide bonds. The lowest BCUT2D eigenvalue weighted by Crippen LogP contribution is -2.63. The molecule has 4 heterocycles. The molecule has 5 rings (SSSR count). The molecule has 0 saturated carbocycles. The first-order valence-corrected chi connectivity index (χ1v) is 9.96. The van der Waals surface area contributed by atoms with Crippen LogP contribution < -0.4 is 4.90 Å². The molecular weight excluding hydrogens is 437 g/mol. The summed E-state index contributed by atoms with van der Waals surface area (Å²) in [5.74, 6) is -4.88. The van der Waals surface area contributed by atoms with Gasteiger partial charge in [0.05, 0.1) is 10.9 Å². The quantitative estimate of drug-likeness (QED) is 0.593. The van der Waals surface area contributed by atoms with Crippen molar-refractivity contribution < 1.29 is 31.8 Å².